The molecule has 2 rings (SSSR count). The van der Waals surface area contributed by atoms with Crippen molar-refractivity contribution in [2.24, 2.45) is 17.8 Å². The fourth-order valence-electron chi connectivity index (χ4n) is 4.25. The largest absolute Gasteiger partial charge is 0.355 e. The van der Waals surface area contributed by atoms with E-state index in [1.54, 1.807) is 0 Å². The standard InChI is InChI=1S/C17H31N3O2/c1-4-18-16(21)10-20(5-2)11-17(22)19-12(3)15-9-13-6-7-14(15)8-13/h12-15H,4-11H2,1-3H3,(H,18,21)(H,19,22). The molecule has 2 saturated carbocycles. The first kappa shape index (κ1) is 17.3. The van der Waals surface area contributed by atoms with Gasteiger partial charge in [0.2, 0.25) is 11.8 Å². The van der Waals surface area contributed by atoms with Crippen molar-refractivity contribution in [2.75, 3.05) is 26.2 Å². The Balaban J connectivity index is 1.75. The van der Waals surface area contributed by atoms with Gasteiger partial charge in [0.25, 0.3) is 0 Å². The molecule has 0 radical (unpaired) electrons. The topological polar surface area (TPSA) is 61.4 Å². The fraction of sp³-hybridized carbons (Fsp3) is 0.882. The number of hydrogen-bond acceptors (Lipinski definition) is 3. The van der Waals surface area contributed by atoms with Crippen LogP contribution in [0.4, 0.5) is 0 Å². The van der Waals surface area contributed by atoms with Crippen molar-refractivity contribution in [1.29, 1.82) is 0 Å². The Morgan fingerprint density at radius 3 is 2.41 bits per heavy atom. The molecule has 2 N–H and O–H groups in total. The Morgan fingerprint density at radius 1 is 1.14 bits per heavy atom. The van der Waals surface area contributed by atoms with Crippen LogP contribution in [0.2, 0.25) is 0 Å². The van der Waals surface area contributed by atoms with E-state index in [9.17, 15) is 9.59 Å². The summed E-state index contributed by atoms with van der Waals surface area (Å²) < 4.78 is 0. The minimum atomic E-state index is -0.0155. The Kier molecular flexibility index (Phi) is 6.24. The zero-order chi connectivity index (χ0) is 16.1. The first-order valence-corrected chi connectivity index (χ1v) is 8.81. The Hall–Kier alpha value is -1.10. The lowest BCUT2D eigenvalue weighted by Gasteiger charge is -2.29. The van der Waals surface area contributed by atoms with Gasteiger partial charge in [-0.25, -0.2) is 0 Å². The van der Waals surface area contributed by atoms with Crippen molar-refractivity contribution < 1.29 is 9.59 Å². The number of hydrogen-bond donors (Lipinski definition) is 2. The maximum Gasteiger partial charge on any atom is 0.234 e. The molecule has 0 aliphatic heterocycles. The number of fused-ring (bicyclic) bond motifs is 2. The molecule has 5 heteroatoms. The molecule has 4 unspecified atom stereocenters. The molecule has 22 heavy (non-hydrogen) atoms. The molecule has 0 aromatic heterocycles. The second-order valence-electron chi connectivity index (χ2n) is 6.95. The van der Waals surface area contributed by atoms with Gasteiger partial charge in [0.15, 0.2) is 0 Å². The summed E-state index contributed by atoms with van der Waals surface area (Å²) in [5, 5.41) is 5.94. The number of nitrogens with zero attached hydrogens (tertiary/aromatic N) is 1. The smallest absolute Gasteiger partial charge is 0.234 e. The van der Waals surface area contributed by atoms with Crippen LogP contribution in [-0.4, -0.2) is 48.9 Å². The van der Waals surface area contributed by atoms with Gasteiger partial charge >= 0.3 is 0 Å². The summed E-state index contributed by atoms with van der Waals surface area (Å²) in [5.41, 5.74) is 0. The monoisotopic (exact) mass is 309 g/mol. The number of amides is 2. The van der Waals surface area contributed by atoms with Crippen LogP contribution in [0.3, 0.4) is 0 Å². The first-order chi connectivity index (χ1) is 10.5. The van der Waals surface area contributed by atoms with Gasteiger partial charge in [0.1, 0.15) is 0 Å². The molecule has 0 aromatic rings. The van der Waals surface area contributed by atoms with Crippen molar-refractivity contribution in [1.82, 2.24) is 15.5 Å². The molecule has 0 saturated heterocycles. The molecule has 2 aliphatic rings. The van der Waals surface area contributed by atoms with Crippen molar-refractivity contribution in [3.8, 4) is 0 Å². The van der Waals surface area contributed by atoms with Crippen molar-refractivity contribution >= 4 is 11.8 Å². The van der Waals surface area contributed by atoms with Gasteiger partial charge in [-0.1, -0.05) is 13.3 Å². The molecular weight excluding hydrogens is 278 g/mol. The summed E-state index contributed by atoms with van der Waals surface area (Å²) in [6, 6.07) is 0.256. The summed E-state index contributed by atoms with van der Waals surface area (Å²) in [4.78, 5) is 25.8. The van der Waals surface area contributed by atoms with E-state index in [-0.39, 0.29) is 17.9 Å². The molecule has 2 aliphatic carbocycles. The molecule has 2 amide bonds. The predicted octanol–water partition coefficient (Wildman–Crippen LogP) is 1.39. The van der Waals surface area contributed by atoms with Crippen LogP contribution in [0.1, 0.15) is 46.5 Å². The van der Waals surface area contributed by atoms with Crippen molar-refractivity contribution in [3.63, 3.8) is 0 Å². The van der Waals surface area contributed by atoms with Gasteiger partial charge in [-0.3, -0.25) is 14.5 Å². The number of carbonyl (C=O) groups is 2. The molecule has 5 nitrogen and oxygen atoms in total. The average Bonchev–Trinajstić information content (AvgIpc) is 3.09. The summed E-state index contributed by atoms with van der Waals surface area (Å²) >= 11 is 0. The van der Waals surface area contributed by atoms with Crippen LogP contribution in [0, 0.1) is 17.8 Å². The van der Waals surface area contributed by atoms with Crippen LogP contribution in [0.5, 0.6) is 0 Å². The van der Waals surface area contributed by atoms with Gasteiger partial charge < -0.3 is 10.6 Å². The van der Waals surface area contributed by atoms with E-state index in [2.05, 4.69) is 17.6 Å². The first-order valence-electron chi connectivity index (χ1n) is 8.81. The molecule has 2 bridgehead atoms. The summed E-state index contributed by atoms with van der Waals surface area (Å²) in [5.74, 6) is 2.40. The maximum absolute atomic E-state index is 12.2. The number of likely N-dealkylation sites (N-methyl/N-ethyl adjacent to an activating group) is 2. The van der Waals surface area contributed by atoms with Crippen LogP contribution in [0.25, 0.3) is 0 Å². The van der Waals surface area contributed by atoms with Gasteiger partial charge in [-0.15, -0.1) is 0 Å². The Bertz CT molecular complexity index is 399. The minimum absolute atomic E-state index is 0.0155. The highest BCUT2D eigenvalue weighted by atomic mass is 16.2. The van der Waals surface area contributed by atoms with E-state index >= 15 is 0 Å². The second-order valence-corrected chi connectivity index (χ2v) is 6.95. The highest BCUT2D eigenvalue weighted by molar-refractivity contribution is 5.81. The van der Waals surface area contributed by atoms with E-state index in [0.717, 1.165) is 11.8 Å². The quantitative estimate of drug-likeness (QED) is 0.712. The summed E-state index contributed by atoms with van der Waals surface area (Å²) in [6.07, 6.45) is 5.37. The third-order valence-corrected chi connectivity index (χ3v) is 5.38. The Labute approximate surface area is 134 Å². The zero-order valence-corrected chi connectivity index (χ0v) is 14.2. The lowest BCUT2D eigenvalue weighted by Crippen LogP contribution is -2.47. The summed E-state index contributed by atoms with van der Waals surface area (Å²) in [6.45, 7) is 7.95. The van der Waals surface area contributed by atoms with E-state index in [0.29, 0.717) is 32.1 Å². The molecule has 0 spiro atoms. The third kappa shape index (κ3) is 4.45. The molecule has 4 atom stereocenters. The van der Waals surface area contributed by atoms with Gasteiger partial charge in [0, 0.05) is 12.6 Å². The van der Waals surface area contributed by atoms with E-state index in [4.69, 9.17) is 0 Å². The SMILES string of the molecule is CCNC(=O)CN(CC)CC(=O)NC(C)C1CC2CCC1C2. The minimum Gasteiger partial charge on any atom is -0.355 e. The van der Waals surface area contributed by atoms with Gasteiger partial charge in [-0.2, -0.15) is 0 Å². The fourth-order valence-corrected chi connectivity index (χ4v) is 4.25. The number of carbonyl (C=O) groups excluding carboxylic acids is 2. The number of nitrogens with one attached hydrogen (secondary N) is 2. The highest BCUT2D eigenvalue weighted by Crippen LogP contribution is 2.49. The average molecular weight is 309 g/mol. The van der Waals surface area contributed by atoms with Crippen LogP contribution >= 0.6 is 0 Å². The van der Waals surface area contributed by atoms with E-state index in [1.165, 1.54) is 25.7 Å². The van der Waals surface area contributed by atoms with Gasteiger partial charge in [-0.05, 0) is 57.4 Å². The third-order valence-electron chi connectivity index (χ3n) is 5.38. The predicted molar refractivity (Wildman–Crippen MR) is 87.3 cm³/mol. The second kappa shape index (κ2) is 7.95. The molecule has 126 valence electrons. The van der Waals surface area contributed by atoms with Crippen LogP contribution in [0.15, 0.2) is 0 Å². The lowest BCUT2D eigenvalue weighted by atomic mass is 9.84. The lowest BCUT2D eigenvalue weighted by molar-refractivity contribution is -0.125. The van der Waals surface area contributed by atoms with Crippen LogP contribution in [-0.2, 0) is 9.59 Å². The van der Waals surface area contributed by atoms with E-state index < -0.39 is 0 Å². The molecule has 0 aromatic carbocycles. The zero-order valence-electron chi connectivity index (χ0n) is 14.2. The maximum atomic E-state index is 12.2. The molecule has 0 heterocycles. The number of rotatable bonds is 8. The Morgan fingerprint density at radius 2 is 1.86 bits per heavy atom. The van der Waals surface area contributed by atoms with Crippen LogP contribution < -0.4 is 10.6 Å². The molecule has 2 fully saturated rings. The normalized spacial score (nSPS) is 27.9. The van der Waals surface area contributed by atoms with Gasteiger partial charge in [0.05, 0.1) is 13.1 Å². The van der Waals surface area contributed by atoms with E-state index in [1.807, 2.05) is 18.7 Å². The highest BCUT2D eigenvalue weighted by Gasteiger charge is 2.42. The summed E-state index contributed by atoms with van der Waals surface area (Å²) in [7, 11) is 0. The molecular formula is C17H31N3O2. The van der Waals surface area contributed by atoms with Crippen molar-refractivity contribution in [2.45, 2.75) is 52.5 Å². The van der Waals surface area contributed by atoms with Crippen molar-refractivity contribution in [3.05, 3.63) is 0 Å².